The number of halogens is 2. The van der Waals surface area contributed by atoms with Crippen LogP contribution in [0.15, 0.2) is 47.7 Å². The molecule has 0 spiro atoms. The van der Waals surface area contributed by atoms with E-state index in [9.17, 15) is 4.79 Å². The molecule has 0 saturated carbocycles. The van der Waals surface area contributed by atoms with E-state index in [0.29, 0.717) is 43.6 Å². The summed E-state index contributed by atoms with van der Waals surface area (Å²) in [6.07, 6.45) is 0. The maximum Gasteiger partial charge on any atom is 0.255 e. The number of benzene rings is 2. The van der Waals surface area contributed by atoms with Crippen molar-refractivity contribution in [3.63, 3.8) is 0 Å². The first kappa shape index (κ1) is 21.2. The van der Waals surface area contributed by atoms with E-state index in [4.69, 9.17) is 44.9 Å². The number of allylic oxidation sites excluding steroid dienone is 1. The average molecular weight is 452 g/mol. The van der Waals surface area contributed by atoms with Gasteiger partial charge < -0.3 is 25.4 Å². The van der Waals surface area contributed by atoms with Gasteiger partial charge in [-0.05, 0) is 49.0 Å². The fourth-order valence-corrected chi connectivity index (χ4v) is 3.61. The summed E-state index contributed by atoms with van der Waals surface area (Å²) in [7, 11) is 3.08. The van der Waals surface area contributed by atoms with Gasteiger partial charge in [-0.3, -0.25) is 4.79 Å². The van der Waals surface area contributed by atoms with Crippen molar-refractivity contribution in [2.24, 2.45) is 0 Å². The largest absolute Gasteiger partial charge is 0.497 e. The Balaban J connectivity index is 1.97. The van der Waals surface area contributed by atoms with Crippen LogP contribution in [-0.2, 0) is 4.79 Å². The predicted octanol–water partition coefficient (Wildman–Crippen LogP) is 4.44. The minimum atomic E-state index is -0.497. The van der Waals surface area contributed by atoms with E-state index in [1.165, 1.54) is 7.11 Å². The van der Waals surface area contributed by atoms with Gasteiger partial charge in [-0.25, -0.2) is 0 Å². The van der Waals surface area contributed by atoms with Crippen LogP contribution in [0.5, 0.6) is 11.5 Å². The second-order valence-corrected chi connectivity index (χ2v) is 7.49. The molecule has 1 heterocycles. The molecule has 2 aromatic carbocycles. The van der Waals surface area contributed by atoms with E-state index in [0.717, 1.165) is 5.56 Å². The number of thiocarbonyl (C=S) groups is 1. The van der Waals surface area contributed by atoms with E-state index in [-0.39, 0.29) is 5.91 Å². The Morgan fingerprint density at radius 3 is 2.52 bits per heavy atom. The van der Waals surface area contributed by atoms with Gasteiger partial charge in [0.2, 0.25) is 0 Å². The van der Waals surface area contributed by atoms with Crippen LogP contribution in [0.25, 0.3) is 0 Å². The predicted molar refractivity (Wildman–Crippen MR) is 119 cm³/mol. The van der Waals surface area contributed by atoms with E-state index in [2.05, 4.69) is 16.0 Å². The summed E-state index contributed by atoms with van der Waals surface area (Å²) in [5.74, 6) is 0.786. The number of nitrogens with one attached hydrogen (secondary N) is 3. The maximum atomic E-state index is 13.2. The Morgan fingerprint density at radius 1 is 1.10 bits per heavy atom. The monoisotopic (exact) mass is 451 g/mol. The first-order valence-corrected chi connectivity index (χ1v) is 9.77. The van der Waals surface area contributed by atoms with Crippen LogP contribution in [0.4, 0.5) is 5.69 Å². The lowest BCUT2D eigenvalue weighted by Crippen LogP contribution is -2.45. The third-order valence-electron chi connectivity index (χ3n) is 4.45. The van der Waals surface area contributed by atoms with Gasteiger partial charge in [-0.15, -0.1) is 0 Å². The first-order valence-electron chi connectivity index (χ1n) is 8.60. The molecule has 1 aliphatic heterocycles. The molecule has 1 atom stereocenters. The van der Waals surface area contributed by atoms with Crippen LogP contribution in [0.2, 0.25) is 10.0 Å². The second kappa shape index (κ2) is 8.90. The summed E-state index contributed by atoms with van der Waals surface area (Å²) in [5, 5.41) is 10.3. The lowest BCUT2D eigenvalue weighted by Gasteiger charge is -2.30. The summed E-state index contributed by atoms with van der Waals surface area (Å²) in [6, 6.07) is 9.85. The molecule has 3 N–H and O–H groups in total. The summed E-state index contributed by atoms with van der Waals surface area (Å²) in [6.45, 7) is 1.79. The van der Waals surface area contributed by atoms with Gasteiger partial charge in [0, 0.05) is 11.8 Å². The summed E-state index contributed by atoms with van der Waals surface area (Å²) in [4.78, 5) is 13.2. The normalized spacial score (nSPS) is 16.0. The van der Waals surface area contributed by atoms with Crippen LogP contribution < -0.4 is 25.4 Å². The topological polar surface area (TPSA) is 71.6 Å². The van der Waals surface area contributed by atoms with Crippen LogP contribution in [0.3, 0.4) is 0 Å². The zero-order valence-electron chi connectivity index (χ0n) is 15.9. The molecule has 29 heavy (non-hydrogen) atoms. The highest BCUT2D eigenvalue weighted by Crippen LogP contribution is 2.34. The Bertz CT molecular complexity index is 1010. The van der Waals surface area contributed by atoms with Crippen molar-refractivity contribution in [3.8, 4) is 11.5 Å². The van der Waals surface area contributed by atoms with Crippen molar-refractivity contribution in [2.75, 3.05) is 19.5 Å². The molecule has 0 saturated heterocycles. The summed E-state index contributed by atoms with van der Waals surface area (Å²) in [5.41, 5.74) is 2.37. The van der Waals surface area contributed by atoms with Crippen LogP contribution in [0, 0.1) is 0 Å². The Labute approximate surface area is 184 Å². The van der Waals surface area contributed by atoms with E-state index >= 15 is 0 Å². The fourth-order valence-electron chi connectivity index (χ4n) is 3.03. The number of carbonyl (C=O) groups excluding carboxylic acids is 1. The molecule has 0 bridgehead atoms. The maximum absolute atomic E-state index is 13.2. The Hall–Kier alpha value is -2.48. The number of methoxy groups -OCH3 is 2. The van der Waals surface area contributed by atoms with E-state index in [1.807, 2.05) is 0 Å². The molecular formula is C20H19Cl2N3O3S. The van der Waals surface area contributed by atoms with Crippen molar-refractivity contribution in [1.82, 2.24) is 10.6 Å². The standard InChI is InChI=1S/C20H19Cl2N3O3S/c1-10-17(19(26)24-15-7-5-12(27-2)9-16(15)28-3)18(25-20(29)23-10)11-4-6-13(21)14(22)8-11/h4-9,18H,1-3H3,(H,24,26)(H2,23,25,29). The molecule has 6 nitrogen and oxygen atoms in total. The molecule has 0 radical (unpaired) electrons. The molecule has 1 amide bonds. The third kappa shape index (κ3) is 4.58. The van der Waals surface area contributed by atoms with Gasteiger partial charge in [0.05, 0.1) is 41.6 Å². The van der Waals surface area contributed by atoms with Gasteiger partial charge in [-0.2, -0.15) is 0 Å². The van der Waals surface area contributed by atoms with Crippen molar-refractivity contribution in [3.05, 3.63) is 63.3 Å². The van der Waals surface area contributed by atoms with Gasteiger partial charge in [-0.1, -0.05) is 29.3 Å². The highest BCUT2D eigenvalue weighted by Gasteiger charge is 2.30. The summed E-state index contributed by atoms with van der Waals surface area (Å²) < 4.78 is 10.6. The molecule has 0 fully saturated rings. The third-order valence-corrected chi connectivity index (χ3v) is 5.41. The summed E-state index contributed by atoms with van der Waals surface area (Å²) >= 11 is 17.5. The molecule has 152 valence electrons. The zero-order chi connectivity index (χ0) is 21.1. The van der Waals surface area contributed by atoms with E-state index < -0.39 is 6.04 Å². The minimum absolute atomic E-state index is 0.315. The van der Waals surface area contributed by atoms with Crippen molar-refractivity contribution >= 4 is 52.1 Å². The van der Waals surface area contributed by atoms with Crippen molar-refractivity contribution < 1.29 is 14.3 Å². The van der Waals surface area contributed by atoms with Gasteiger partial charge >= 0.3 is 0 Å². The molecule has 9 heteroatoms. The van der Waals surface area contributed by atoms with Crippen LogP contribution in [0.1, 0.15) is 18.5 Å². The van der Waals surface area contributed by atoms with Crippen LogP contribution >= 0.6 is 35.4 Å². The minimum Gasteiger partial charge on any atom is -0.497 e. The number of rotatable bonds is 5. The number of hydrogen-bond donors (Lipinski definition) is 3. The highest BCUT2D eigenvalue weighted by molar-refractivity contribution is 7.80. The molecule has 2 aromatic rings. The second-order valence-electron chi connectivity index (χ2n) is 6.26. The Morgan fingerprint density at radius 2 is 1.86 bits per heavy atom. The lowest BCUT2D eigenvalue weighted by molar-refractivity contribution is -0.113. The average Bonchev–Trinajstić information content (AvgIpc) is 2.69. The number of hydrogen-bond acceptors (Lipinski definition) is 4. The van der Waals surface area contributed by atoms with Crippen molar-refractivity contribution in [2.45, 2.75) is 13.0 Å². The highest BCUT2D eigenvalue weighted by atomic mass is 35.5. The molecule has 0 aliphatic carbocycles. The molecule has 1 unspecified atom stereocenters. The van der Waals surface area contributed by atoms with Gasteiger partial charge in [0.1, 0.15) is 11.5 Å². The van der Waals surface area contributed by atoms with Crippen LogP contribution in [-0.4, -0.2) is 25.2 Å². The number of anilines is 1. The fraction of sp³-hybridized carbons (Fsp3) is 0.200. The van der Waals surface area contributed by atoms with E-state index in [1.54, 1.807) is 50.4 Å². The Kier molecular flexibility index (Phi) is 6.52. The molecule has 3 rings (SSSR count). The first-order chi connectivity index (χ1) is 13.8. The zero-order valence-corrected chi connectivity index (χ0v) is 18.3. The molecule has 0 aromatic heterocycles. The van der Waals surface area contributed by atoms with Crippen molar-refractivity contribution in [1.29, 1.82) is 0 Å². The van der Waals surface area contributed by atoms with Gasteiger partial charge in [0.25, 0.3) is 5.91 Å². The number of amides is 1. The molecule has 1 aliphatic rings. The molecular weight excluding hydrogens is 433 g/mol. The number of ether oxygens (including phenoxy) is 2. The SMILES string of the molecule is COc1ccc(NC(=O)C2=C(C)NC(=S)NC2c2ccc(Cl)c(Cl)c2)c(OC)c1. The smallest absolute Gasteiger partial charge is 0.255 e. The number of carbonyl (C=O) groups is 1. The quantitative estimate of drug-likeness (QED) is 0.583. The van der Waals surface area contributed by atoms with Gasteiger partial charge in [0.15, 0.2) is 5.11 Å². The lowest BCUT2D eigenvalue weighted by atomic mass is 9.95.